The highest BCUT2D eigenvalue weighted by atomic mass is 79.9. The lowest BCUT2D eigenvalue weighted by Gasteiger charge is -2.12. The molecular weight excluding hydrogens is 322 g/mol. The second kappa shape index (κ2) is 6.74. The summed E-state index contributed by atoms with van der Waals surface area (Å²) in [5.74, 6) is 1.84. The van der Waals surface area contributed by atoms with E-state index in [1.807, 2.05) is 18.2 Å². The zero-order valence-electron chi connectivity index (χ0n) is 11.1. The van der Waals surface area contributed by atoms with Crippen molar-refractivity contribution in [2.24, 2.45) is 5.73 Å². The first-order chi connectivity index (χ1) is 9.66. The van der Waals surface area contributed by atoms with E-state index in [4.69, 9.17) is 20.3 Å². The fourth-order valence-electron chi connectivity index (χ4n) is 1.82. The smallest absolute Gasteiger partial charge is 0.169 e. The van der Waals surface area contributed by atoms with Crippen LogP contribution in [0.25, 0.3) is 0 Å². The third-order valence-electron chi connectivity index (χ3n) is 2.81. The van der Waals surface area contributed by atoms with E-state index in [0.29, 0.717) is 23.8 Å². The lowest BCUT2D eigenvalue weighted by atomic mass is 10.2. The molecule has 0 aromatic heterocycles. The van der Waals surface area contributed by atoms with Gasteiger partial charge in [-0.25, -0.2) is 0 Å². The molecule has 0 atom stereocenters. The molecular formula is C15H16BrNO3. The molecule has 2 aromatic rings. The van der Waals surface area contributed by atoms with Crippen LogP contribution in [0.1, 0.15) is 11.1 Å². The van der Waals surface area contributed by atoms with Gasteiger partial charge >= 0.3 is 0 Å². The third kappa shape index (κ3) is 3.50. The Morgan fingerprint density at radius 3 is 2.55 bits per heavy atom. The molecule has 2 rings (SSSR count). The Bertz CT molecular complexity index is 602. The van der Waals surface area contributed by atoms with E-state index in [-0.39, 0.29) is 6.61 Å². The number of aliphatic hydroxyl groups is 1. The van der Waals surface area contributed by atoms with Crippen LogP contribution in [0.5, 0.6) is 17.2 Å². The molecule has 0 unspecified atom stereocenters. The Morgan fingerprint density at radius 1 is 1.10 bits per heavy atom. The maximum Gasteiger partial charge on any atom is 0.169 e. The summed E-state index contributed by atoms with van der Waals surface area (Å²) in [5.41, 5.74) is 7.39. The summed E-state index contributed by atoms with van der Waals surface area (Å²) in [6.45, 7) is 0.404. The Morgan fingerprint density at radius 2 is 1.90 bits per heavy atom. The number of halogens is 1. The van der Waals surface area contributed by atoms with Gasteiger partial charge in [-0.1, -0.05) is 22.0 Å². The maximum absolute atomic E-state index is 9.13. The van der Waals surface area contributed by atoms with Gasteiger partial charge in [-0.05, 0) is 41.5 Å². The Hall–Kier alpha value is -1.56. The van der Waals surface area contributed by atoms with Crippen LogP contribution in [0, 0.1) is 0 Å². The lowest BCUT2D eigenvalue weighted by Crippen LogP contribution is -1.97. The highest BCUT2D eigenvalue weighted by Crippen LogP contribution is 2.33. The number of hydrogen-bond donors (Lipinski definition) is 2. The molecule has 106 valence electrons. The van der Waals surface area contributed by atoms with Crippen molar-refractivity contribution in [3.63, 3.8) is 0 Å². The van der Waals surface area contributed by atoms with Gasteiger partial charge in [0.15, 0.2) is 11.5 Å². The molecule has 0 saturated heterocycles. The molecule has 0 radical (unpaired) electrons. The van der Waals surface area contributed by atoms with E-state index in [2.05, 4.69) is 15.9 Å². The molecule has 0 spiro atoms. The third-order valence-corrected chi connectivity index (χ3v) is 3.26. The lowest BCUT2D eigenvalue weighted by molar-refractivity contribution is 0.280. The summed E-state index contributed by atoms with van der Waals surface area (Å²) >= 11 is 3.43. The van der Waals surface area contributed by atoms with Crippen LogP contribution < -0.4 is 15.2 Å². The Kier molecular flexibility index (Phi) is 5.00. The second-order valence-electron chi connectivity index (χ2n) is 4.24. The summed E-state index contributed by atoms with van der Waals surface area (Å²) in [5, 5.41) is 9.13. The van der Waals surface area contributed by atoms with Crippen LogP contribution in [0.3, 0.4) is 0 Å². The number of ether oxygens (including phenoxy) is 2. The number of benzene rings is 2. The van der Waals surface area contributed by atoms with Gasteiger partial charge in [-0.2, -0.15) is 0 Å². The average molecular weight is 338 g/mol. The van der Waals surface area contributed by atoms with Crippen molar-refractivity contribution in [1.29, 1.82) is 0 Å². The highest BCUT2D eigenvalue weighted by molar-refractivity contribution is 9.10. The van der Waals surface area contributed by atoms with E-state index >= 15 is 0 Å². The normalized spacial score (nSPS) is 10.4. The first kappa shape index (κ1) is 14.8. The molecule has 0 aliphatic carbocycles. The average Bonchev–Trinajstić information content (AvgIpc) is 2.47. The number of rotatable bonds is 5. The minimum absolute atomic E-state index is 0.0369. The van der Waals surface area contributed by atoms with Gasteiger partial charge in [-0.3, -0.25) is 0 Å². The van der Waals surface area contributed by atoms with Gasteiger partial charge in [0.05, 0.1) is 13.7 Å². The maximum atomic E-state index is 9.13. The SMILES string of the molecule is COc1cc(CO)ccc1Oc1cc(Br)cc(CN)c1. The van der Waals surface area contributed by atoms with Crippen molar-refractivity contribution in [2.75, 3.05) is 7.11 Å². The first-order valence-electron chi connectivity index (χ1n) is 6.11. The largest absolute Gasteiger partial charge is 0.493 e. The molecule has 0 amide bonds. The molecule has 4 nitrogen and oxygen atoms in total. The minimum atomic E-state index is -0.0369. The summed E-state index contributed by atoms with van der Waals surface area (Å²) in [7, 11) is 1.57. The number of hydrogen-bond acceptors (Lipinski definition) is 4. The van der Waals surface area contributed by atoms with Crippen molar-refractivity contribution in [2.45, 2.75) is 13.2 Å². The summed E-state index contributed by atoms with van der Waals surface area (Å²) in [6, 6.07) is 11.0. The van der Waals surface area contributed by atoms with Crippen LogP contribution >= 0.6 is 15.9 Å². The van der Waals surface area contributed by atoms with Crippen molar-refractivity contribution in [1.82, 2.24) is 0 Å². The fraction of sp³-hybridized carbons (Fsp3) is 0.200. The molecule has 3 N–H and O–H groups in total. The van der Waals surface area contributed by atoms with Crippen molar-refractivity contribution in [3.05, 3.63) is 52.0 Å². The zero-order chi connectivity index (χ0) is 14.5. The molecule has 0 aliphatic rings. The van der Waals surface area contributed by atoms with E-state index in [1.165, 1.54) is 0 Å². The van der Waals surface area contributed by atoms with E-state index in [1.54, 1.807) is 25.3 Å². The van der Waals surface area contributed by atoms with Crippen LogP contribution in [0.2, 0.25) is 0 Å². The number of nitrogens with two attached hydrogens (primary N) is 1. The van der Waals surface area contributed by atoms with Gasteiger partial charge in [-0.15, -0.1) is 0 Å². The molecule has 0 bridgehead atoms. The van der Waals surface area contributed by atoms with Crippen LogP contribution in [-0.2, 0) is 13.2 Å². The standard InChI is InChI=1S/C15H16BrNO3/c1-19-15-6-10(9-18)2-3-14(15)20-13-5-11(8-17)4-12(16)7-13/h2-7,18H,8-9,17H2,1H3. The molecule has 0 fully saturated rings. The predicted octanol–water partition coefficient (Wildman–Crippen LogP) is 3.20. The van der Waals surface area contributed by atoms with Gasteiger partial charge in [0.1, 0.15) is 5.75 Å². The molecule has 0 aliphatic heterocycles. The van der Waals surface area contributed by atoms with Crippen LogP contribution in [0.4, 0.5) is 0 Å². The minimum Gasteiger partial charge on any atom is -0.493 e. The Labute approximate surface area is 126 Å². The monoisotopic (exact) mass is 337 g/mol. The zero-order valence-corrected chi connectivity index (χ0v) is 12.7. The van der Waals surface area contributed by atoms with Crippen molar-refractivity contribution in [3.8, 4) is 17.2 Å². The van der Waals surface area contributed by atoms with E-state index < -0.39 is 0 Å². The Balaban J connectivity index is 2.31. The quantitative estimate of drug-likeness (QED) is 0.879. The second-order valence-corrected chi connectivity index (χ2v) is 5.16. The van der Waals surface area contributed by atoms with Gasteiger partial charge in [0.2, 0.25) is 0 Å². The predicted molar refractivity (Wildman–Crippen MR) is 81.0 cm³/mol. The highest BCUT2D eigenvalue weighted by Gasteiger charge is 2.08. The molecule has 0 heterocycles. The van der Waals surface area contributed by atoms with Crippen LogP contribution in [0.15, 0.2) is 40.9 Å². The van der Waals surface area contributed by atoms with Crippen molar-refractivity contribution < 1.29 is 14.6 Å². The summed E-state index contributed by atoms with van der Waals surface area (Å²) < 4.78 is 12.0. The number of methoxy groups -OCH3 is 1. The fourth-order valence-corrected chi connectivity index (χ4v) is 2.34. The van der Waals surface area contributed by atoms with Crippen molar-refractivity contribution >= 4 is 15.9 Å². The molecule has 20 heavy (non-hydrogen) atoms. The molecule has 0 saturated carbocycles. The molecule has 2 aromatic carbocycles. The summed E-state index contributed by atoms with van der Waals surface area (Å²) in [6.07, 6.45) is 0. The first-order valence-corrected chi connectivity index (χ1v) is 6.90. The van der Waals surface area contributed by atoms with Gasteiger partial charge in [0, 0.05) is 11.0 Å². The van der Waals surface area contributed by atoms with E-state index in [9.17, 15) is 0 Å². The topological polar surface area (TPSA) is 64.7 Å². The van der Waals surface area contributed by atoms with Gasteiger partial charge < -0.3 is 20.3 Å². The summed E-state index contributed by atoms with van der Waals surface area (Å²) in [4.78, 5) is 0. The van der Waals surface area contributed by atoms with Crippen LogP contribution in [-0.4, -0.2) is 12.2 Å². The van der Waals surface area contributed by atoms with E-state index in [0.717, 1.165) is 15.6 Å². The number of aliphatic hydroxyl groups excluding tert-OH is 1. The molecule has 5 heteroatoms. The van der Waals surface area contributed by atoms with Gasteiger partial charge in [0.25, 0.3) is 0 Å².